The molecule has 92 valence electrons. The Morgan fingerprint density at radius 2 is 2.00 bits per heavy atom. The number of benzene rings is 1. The molecular formula is C13H16O4. The number of rotatable bonds is 5. The summed E-state index contributed by atoms with van der Waals surface area (Å²) in [5.74, 6) is 0.153. The number of hydrogen-bond acceptors (Lipinski definition) is 4. The van der Waals surface area contributed by atoms with Crippen molar-refractivity contribution in [3.8, 4) is 5.75 Å². The first-order chi connectivity index (χ1) is 8.13. The number of aliphatic hydroxyl groups is 1. The second-order valence-electron chi connectivity index (χ2n) is 3.52. The van der Waals surface area contributed by atoms with Crippen LogP contribution in [0.5, 0.6) is 5.75 Å². The summed E-state index contributed by atoms with van der Waals surface area (Å²) in [5.41, 5.74) is 0. The molecule has 0 saturated heterocycles. The van der Waals surface area contributed by atoms with Gasteiger partial charge >= 0.3 is 5.97 Å². The van der Waals surface area contributed by atoms with Gasteiger partial charge in [-0.2, -0.15) is 0 Å². The summed E-state index contributed by atoms with van der Waals surface area (Å²) in [6.07, 6.45) is 1.40. The van der Waals surface area contributed by atoms with Gasteiger partial charge in [0, 0.05) is 6.08 Å². The molecule has 4 heteroatoms. The van der Waals surface area contributed by atoms with E-state index >= 15 is 0 Å². The Bertz CT molecular complexity index is 370. The van der Waals surface area contributed by atoms with Crippen LogP contribution in [0.3, 0.4) is 0 Å². The third-order valence-electron chi connectivity index (χ3n) is 2.11. The summed E-state index contributed by atoms with van der Waals surface area (Å²) in [7, 11) is 1.29. The molecule has 2 atom stereocenters. The number of hydrogen-bond donors (Lipinski definition) is 1. The smallest absolute Gasteiger partial charge is 0.330 e. The molecule has 17 heavy (non-hydrogen) atoms. The zero-order chi connectivity index (χ0) is 12.7. The zero-order valence-electron chi connectivity index (χ0n) is 9.87. The number of methoxy groups -OCH3 is 1. The number of esters is 1. The molecule has 0 saturated carbocycles. The van der Waals surface area contributed by atoms with E-state index in [1.807, 2.05) is 18.2 Å². The second-order valence-corrected chi connectivity index (χ2v) is 3.52. The molecule has 0 fully saturated rings. The molecule has 1 aromatic rings. The standard InChI is InChI=1S/C13H16O4/c1-10(14)12(8-9-13(15)16-2)17-11-6-4-3-5-7-11/h3-10,12,14H,1-2H3/b9-8+. The average molecular weight is 236 g/mol. The van der Waals surface area contributed by atoms with Crippen molar-refractivity contribution in [1.29, 1.82) is 0 Å². The average Bonchev–Trinajstić information content (AvgIpc) is 2.34. The topological polar surface area (TPSA) is 55.8 Å². The quantitative estimate of drug-likeness (QED) is 0.622. The number of aliphatic hydroxyl groups excluding tert-OH is 1. The molecule has 4 nitrogen and oxygen atoms in total. The van der Waals surface area contributed by atoms with E-state index in [0.717, 1.165) is 0 Å². The van der Waals surface area contributed by atoms with Gasteiger partial charge in [-0.1, -0.05) is 18.2 Å². The van der Waals surface area contributed by atoms with E-state index in [2.05, 4.69) is 4.74 Å². The molecule has 0 aliphatic carbocycles. The molecule has 1 N–H and O–H groups in total. The van der Waals surface area contributed by atoms with Gasteiger partial charge in [-0.15, -0.1) is 0 Å². The van der Waals surface area contributed by atoms with Crippen LogP contribution in [0.15, 0.2) is 42.5 Å². The molecule has 0 aromatic heterocycles. The minimum Gasteiger partial charge on any atom is -0.484 e. The fourth-order valence-electron chi connectivity index (χ4n) is 1.20. The molecule has 2 unspecified atom stereocenters. The van der Waals surface area contributed by atoms with Crippen molar-refractivity contribution in [2.24, 2.45) is 0 Å². The summed E-state index contributed by atoms with van der Waals surface area (Å²) in [5, 5.41) is 9.53. The number of carbonyl (C=O) groups excluding carboxylic acids is 1. The van der Waals surface area contributed by atoms with E-state index in [9.17, 15) is 9.90 Å². The van der Waals surface area contributed by atoms with Gasteiger partial charge in [-0.25, -0.2) is 4.79 Å². The van der Waals surface area contributed by atoms with Crippen LogP contribution < -0.4 is 4.74 Å². The van der Waals surface area contributed by atoms with Crippen molar-refractivity contribution in [1.82, 2.24) is 0 Å². The molecule has 0 radical (unpaired) electrons. The Morgan fingerprint density at radius 1 is 1.35 bits per heavy atom. The highest BCUT2D eigenvalue weighted by atomic mass is 16.5. The van der Waals surface area contributed by atoms with Gasteiger partial charge in [0.25, 0.3) is 0 Å². The van der Waals surface area contributed by atoms with Crippen LogP contribution in [-0.4, -0.2) is 30.4 Å². The van der Waals surface area contributed by atoms with Crippen molar-refractivity contribution >= 4 is 5.97 Å². The lowest BCUT2D eigenvalue weighted by Gasteiger charge is -2.18. The molecule has 1 aromatic carbocycles. The SMILES string of the molecule is COC(=O)/C=C/C(Oc1ccccc1)C(C)O. The van der Waals surface area contributed by atoms with Crippen LogP contribution in [0.4, 0.5) is 0 Å². The maximum absolute atomic E-state index is 10.9. The summed E-state index contributed by atoms with van der Waals surface area (Å²) >= 11 is 0. The lowest BCUT2D eigenvalue weighted by molar-refractivity contribution is -0.134. The third-order valence-corrected chi connectivity index (χ3v) is 2.11. The van der Waals surface area contributed by atoms with Gasteiger partial charge in [-0.05, 0) is 25.1 Å². The van der Waals surface area contributed by atoms with Crippen LogP contribution in [0.2, 0.25) is 0 Å². The molecule has 0 bridgehead atoms. The second kappa shape index (κ2) is 6.70. The predicted molar refractivity (Wildman–Crippen MR) is 63.7 cm³/mol. The number of ether oxygens (including phenoxy) is 2. The van der Waals surface area contributed by atoms with Gasteiger partial charge in [0.1, 0.15) is 11.9 Å². The fraction of sp³-hybridized carbons (Fsp3) is 0.308. The first kappa shape index (κ1) is 13.3. The third kappa shape index (κ3) is 4.70. The molecular weight excluding hydrogens is 220 g/mol. The minimum atomic E-state index is -0.726. The van der Waals surface area contributed by atoms with Crippen molar-refractivity contribution in [2.75, 3.05) is 7.11 Å². The van der Waals surface area contributed by atoms with E-state index in [0.29, 0.717) is 5.75 Å². The highest BCUT2D eigenvalue weighted by molar-refractivity contribution is 5.81. The van der Waals surface area contributed by atoms with Crippen LogP contribution in [0.25, 0.3) is 0 Å². The maximum Gasteiger partial charge on any atom is 0.330 e. The first-order valence-electron chi connectivity index (χ1n) is 5.29. The van der Waals surface area contributed by atoms with Crippen molar-refractivity contribution in [3.05, 3.63) is 42.5 Å². The van der Waals surface area contributed by atoms with Gasteiger partial charge < -0.3 is 14.6 Å². The van der Waals surface area contributed by atoms with Crippen LogP contribution >= 0.6 is 0 Å². The Hall–Kier alpha value is -1.81. The highest BCUT2D eigenvalue weighted by Crippen LogP contribution is 2.13. The number of carbonyl (C=O) groups is 1. The van der Waals surface area contributed by atoms with E-state index < -0.39 is 18.2 Å². The maximum atomic E-state index is 10.9. The first-order valence-corrected chi connectivity index (χ1v) is 5.29. The summed E-state index contributed by atoms with van der Waals surface area (Å²) < 4.78 is 9.99. The summed E-state index contributed by atoms with van der Waals surface area (Å²) in [6.45, 7) is 1.59. The van der Waals surface area contributed by atoms with Crippen molar-refractivity contribution in [2.45, 2.75) is 19.1 Å². The van der Waals surface area contributed by atoms with Crippen molar-refractivity contribution in [3.63, 3.8) is 0 Å². The molecule has 0 amide bonds. The zero-order valence-corrected chi connectivity index (χ0v) is 9.87. The highest BCUT2D eigenvalue weighted by Gasteiger charge is 2.13. The Kier molecular flexibility index (Phi) is 5.23. The molecule has 1 rings (SSSR count). The van der Waals surface area contributed by atoms with Gasteiger partial charge in [0.2, 0.25) is 0 Å². The van der Waals surface area contributed by atoms with E-state index in [-0.39, 0.29) is 0 Å². The van der Waals surface area contributed by atoms with Gasteiger partial charge in [-0.3, -0.25) is 0 Å². The predicted octanol–water partition coefficient (Wildman–Crippen LogP) is 1.54. The van der Waals surface area contributed by atoms with Crippen LogP contribution in [0.1, 0.15) is 6.92 Å². The molecule has 0 spiro atoms. The fourth-order valence-corrected chi connectivity index (χ4v) is 1.20. The monoisotopic (exact) mass is 236 g/mol. The molecule has 0 aliphatic heterocycles. The Balaban J connectivity index is 2.67. The normalized spacial score (nSPS) is 14.3. The summed E-state index contributed by atoms with van der Waals surface area (Å²) in [4.78, 5) is 10.9. The van der Waals surface area contributed by atoms with E-state index in [1.165, 1.54) is 19.3 Å². The minimum absolute atomic E-state index is 0.479. The largest absolute Gasteiger partial charge is 0.484 e. The van der Waals surface area contributed by atoms with E-state index in [4.69, 9.17) is 4.74 Å². The van der Waals surface area contributed by atoms with Crippen LogP contribution in [0, 0.1) is 0 Å². The lowest BCUT2D eigenvalue weighted by atomic mass is 10.2. The molecule has 0 aliphatic rings. The van der Waals surface area contributed by atoms with E-state index in [1.54, 1.807) is 19.1 Å². The lowest BCUT2D eigenvalue weighted by Crippen LogP contribution is -2.27. The summed E-state index contributed by atoms with van der Waals surface area (Å²) in [6, 6.07) is 9.09. The van der Waals surface area contributed by atoms with Gasteiger partial charge in [0.05, 0.1) is 13.2 Å². The Labute approximate surface area is 100 Å². The van der Waals surface area contributed by atoms with Crippen molar-refractivity contribution < 1.29 is 19.4 Å². The van der Waals surface area contributed by atoms with Crippen LogP contribution in [-0.2, 0) is 9.53 Å². The molecule has 0 heterocycles. The van der Waals surface area contributed by atoms with Gasteiger partial charge in [0.15, 0.2) is 0 Å². The number of para-hydroxylation sites is 1. The Morgan fingerprint density at radius 3 is 2.53 bits per heavy atom.